The Hall–Kier alpha value is -1.18. The fourth-order valence-electron chi connectivity index (χ4n) is 1.65. The smallest absolute Gasteiger partial charge is 0.231 e. The van der Waals surface area contributed by atoms with Crippen LogP contribution in [0, 0.1) is 0 Å². The minimum atomic E-state index is -0.489. The highest BCUT2D eigenvalue weighted by molar-refractivity contribution is 5.79. The molecule has 1 fully saturated rings. The number of primary amides is 2. The van der Waals surface area contributed by atoms with Gasteiger partial charge < -0.3 is 20.9 Å². The molecule has 1 aliphatic heterocycles. The molecule has 4 N–H and O–H groups in total. The molecule has 0 spiro atoms. The van der Waals surface area contributed by atoms with Crippen LogP contribution in [0.2, 0.25) is 0 Å². The van der Waals surface area contributed by atoms with E-state index in [2.05, 4.69) is 0 Å². The van der Waals surface area contributed by atoms with Gasteiger partial charge in [0, 0.05) is 13.0 Å². The summed E-state index contributed by atoms with van der Waals surface area (Å²) < 4.78 is 10.7. The van der Waals surface area contributed by atoms with Crippen molar-refractivity contribution in [3.63, 3.8) is 0 Å². The molecular formula is C10H19N3O4. The predicted octanol–water partition coefficient (Wildman–Crippen LogP) is -1.59. The van der Waals surface area contributed by atoms with Crippen molar-refractivity contribution in [2.45, 2.75) is 19.1 Å². The molecule has 0 radical (unpaired) electrons. The van der Waals surface area contributed by atoms with Gasteiger partial charge in [-0.15, -0.1) is 0 Å². The average Bonchev–Trinajstić information content (AvgIpc) is 2.26. The molecule has 0 atom stereocenters. The van der Waals surface area contributed by atoms with E-state index in [1.165, 1.54) is 0 Å². The molecule has 0 bridgehead atoms. The van der Waals surface area contributed by atoms with Crippen molar-refractivity contribution in [2.24, 2.45) is 11.5 Å². The van der Waals surface area contributed by atoms with Crippen LogP contribution in [0.4, 0.5) is 0 Å². The number of nitrogens with zero attached hydrogens (tertiary/aromatic N) is 1. The molecule has 1 rings (SSSR count). The summed E-state index contributed by atoms with van der Waals surface area (Å²) in [5, 5.41) is 0. The molecule has 0 aromatic carbocycles. The van der Waals surface area contributed by atoms with Crippen molar-refractivity contribution in [3.8, 4) is 0 Å². The Morgan fingerprint density at radius 1 is 1.12 bits per heavy atom. The molecule has 0 aromatic rings. The number of carbonyl (C=O) groups excluding carboxylic acids is 2. The second kappa shape index (κ2) is 7.21. The van der Waals surface area contributed by atoms with E-state index >= 15 is 0 Å². The Morgan fingerprint density at radius 3 is 2.12 bits per heavy atom. The van der Waals surface area contributed by atoms with Gasteiger partial charge in [0.15, 0.2) is 6.29 Å². The largest absolute Gasteiger partial charge is 0.369 e. The molecule has 17 heavy (non-hydrogen) atoms. The first-order valence-corrected chi connectivity index (χ1v) is 5.60. The second-order valence-corrected chi connectivity index (χ2v) is 3.96. The first-order valence-electron chi connectivity index (χ1n) is 5.60. The number of amides is 2. The third-order valence-electron chi connectivity index (χ3n) is 2.34. The molecule has 98 valence electrons. The second-order valence-electron chi connectivity index (χ2n) is 3.96. The Balaban J connectivity index is 2.31. The highest BCUT2D eigenvalue weighted by Gasteiger charge is 2.17. The maximum Gasteiger partial charge on any atom is 0.231 e. The first kappa shape index (κ1) is 13.9. The Bertz CT molecular complexity index is 250. The van der Waals surface area contributed by atoms with Gasteiger partial charge in [-0.3, -0.25) is 14.5 Å². The number of nitrogens with two attached hydrogens (primary N) is 2. The first-order chi connectivity index (χ1) is 8.08. The van der Waals surface area contributed by atoms with E-state index in [0.717, 1.165) is 6.42 Å². The highest BCUT2D eigenvalue weighted by Crippen LogP contribution is 2.09. The van der Waals surface area contributed by atoms with E-state index in [-0.39, 0.29) is 19.4 Å². The number of carbonyl (C=O) groups is 2. The van der Waals surface area contributed by atoms with Gasteiger partial charge in [0.2, 0.25) is 11.8 Å². The molecule has 7 heteroatoms. The summed E-state index contributed by atoms with van der Waals surface area (Å²) in [5.74, 6) is -0.978. The van der Waals surface area contributed by atoms with Gasteiger partial charge in [-0.25, -0.2) is 0 Å². The van der Waals surface area contributed by atoms with Crippen molar-refractivity contribution >= 4 is 11.8 Å². The zero-order chi connectivity index (χ0) is 12.7. The molecule has 7 nitrogen and oxygen atoms in total. The van der Waals surface area contributed by atoms with Gasteiger partial charge in [0.25, 0.3) is 0 Å². The molecule has 1 saturated heterocycles. The maximum atomic E-state index is 10.8. The molecule has 2 amide bonds. The lowest BCUT2D eigenvalue weighted by molar-refractivity contribution is -0.182. The zero-order valence-corrected chi connectivity index (χ0v) is 9.76. The van der Waals surface area contributed by atoms with Crippen LogP contribution in [0.1, 0.15) is 12.8 Å². The van der Waals surface area contributed by atoms with Gasteiger partial charge in [-0.2, -0.15) is 0 Å². The van der Waals surface area contributed by atoms with E-state index in [1.54, 1.807) is 4.90 Å². The zero-order valence-electron chi connectivity index (χ0n) is 9.76. The summed E-state index contributed by atoms with van der Waals surface area (Å²) in [5.41, 5.74) is 10.2. The molecule has 0 aromatic heterocycles. The average molecular weight is 245 g/mol. The van der Waals surface area contributed by atoms with Crippen LogP contribution in [-0.2, 0) is 19.1 Å². The van der Waals surface area contributed by atoms with Crippen molar-refractivity contribution in [2.75, 3.05) is 32.8 Å². The third kappa shape index (κ3) is 6.20. The van der Waals surface area contributed by atoms with Crippen molar-refractivity contribution in [1.29, 1.82) is 0 Å². The summed E-state index contributed by atoms with van der Waals surface area (Å²) in [6.45, 7) is 1.86. The van der Waals surface area contributed by atoms with Crippen LogP contribution in [-0.4, -0.2) is 55.9 Å². The van der Waals surface area contributed by atoms with Crippen LogP contribution in [0.3, 0.4) is 0 Å². The number of hydrogen-bond donors (Lipinski definition) is 2. The van der Waals surface area contributed by atoms with Gasteiger partial charge in [-0.05, 0) is 6.42 Å². The van der Waals surface area contributed by atoms with E-state index in [4.69, 9.17) is 20.9 Å². The van der Waals surface area contributed by atoms with Crippen molar-refractivity contribution in [3.05, 3.63) is 0 Å². The SMILES string of the molecule is NC(=O)CN(CCC1OCCCO1)CC(N)=O. The number of ether oxygens (including phenoxy) is 2. The Morgan fingerprint density at radius 2 is 1.65 bits per heavy atom. The van der Waals surface area contributed by atoms with E-state index in [9.17, 15) is 9.59 Å². The lowest BCUT2D eigenvalue weighted by atomic mass is 10.3. The fourth-order valence-corrected chi connectivity index (χ4v) is 1.65. The van der Waals surface area contributed by atoms with Crippen LogP contribution in [0.15, 0.2) is 0 Å². The molecular weight excluding hydrogens is 226 g/mol. The summed E-state index contributed by atoms with van der Waals surface area (Å²) in [4.78, 5) is 23.2. The van der Waals surface area contributed by atoms with Gasteiger partial charge in [-0.1, -0.05) is 0 Å². The minimum absolute atomic E-state index is 0.00958. The maximum absolute atomic E-state index is 10.8. The Kier molecular flexibility index (Phi) is 5.88. The number of hydrogen-bond acceptors (Lipinski definition) is 5. The normalized spacial score (nSPS) is 17.2. The third-order valence-corrected chi connectivity index (χ3v) is 2.34. The van der Waals surface area contributed by atoms with Crippen LogP contribution in [0.25, 0.3) is 0 Å². The van der Waals surface area contributed by atoms with E-state index in [1.807, 2.05) is 0 Å². The quantitative estimate of drug-likeness (QED) is 0.562. The Labute approximate surface area is 100 Å². The number of rotatable bonds is 7. The van der Waals surface area contributed by atoms with Crippen LogP contribution in [0.5, 0.6) is 0 Å². The standard InChI is InChI=1S/C10H19N3O4/c11-8(14)6-13(7-9(12)15)3-2-10-16-4-1-5-17-10/h10H,1-7H2,(H2,11,14)(H2,12,15). The monoisotopic (exact) mass is 245 g/mol. The fraction of sp³-hybridized carbons (Fsp3) is 0.800. The summed E-state index contributed by atoms with van der Waals surface area (Å²) >= 11 is 0. The topological polar surface area (TPSA) is 108 Å². The lowest BCUT2D eigenvalue weighted by Gasteiger charge is -2.26. The highest BCUT2D eigenvalue weighted by atomic mass is 16.7. The lowest BCUT2D eigenvalue weighted by Crippen LogP contribution is -2.41. The van der Waals surface area contributed by atoms with Crippen molar-refractivity contribution < 1.29 is 19.1 Å². The predicted molar refractivity (Wildman–Crippen MR) is 59.8 cm³/mol. The van der Waals surface area contributed by atoms with E-state index in [0.29, 0.717) is 26.2 Å². The summed E-state index contributed by atoms with van der Waals surface area (Å²) in [6.07, 6.45) is 1.20. The molecule has 0 saturated carbocycles. The van der Waals surface area contributed by atoms with Gasteiger partial charge in [0.05, 0.1) is 26.3 Å². The minimum Gasteiger partial charge on any atom is -0.369 e. The van der Waals surface area contributed by atoms with Crippen LogP contribution < -0.4 is 11.5 Å². The van der Waals surface area contributed by atoms with Gasteiger partial charge >= 0.3 is 0 Å². The molecule has 0 aliphatic carbocycles. The molecule has 1 aliphatic rings. The summed E-state index contributed by atoms with van der Waals surface area (Å²) in [7, 11) is 0. The van der Waals surface area contributed by atoms with Crippen molar-refractivity contribution in [1.82, 2.24) is 4.90 Å². The van der Waals surface area contributed by atoms with Crippen LogP contribution >= 0.6 is 0 Å². The van der Waals surface area contributed by atoms with Gasteiger partial charge in [0.1, 0.15) is 0 Å². The molecule has 1 heterocycles. The van der Waals surface area contributed by atoms with E-state index < -0.39 is 11.8 Å². The molecule has 0 unspecified atom stereocenters. The summed E-state index contributed by atoms with van der Waals surface area (Å²) in [6, 6.07) is 0.